The molecule has 15 heteroatoms. The van der Waals surface area contributed by atoms with Crippen LogP contribution in [0.25, 0.3) is 0 Å². The van der Waals surface area contributed by atoms with E-state index in [1.54, 1.807) is 24.3 Å². The molecule has 4 aliphatic rings. The van der Waals surface area contributed by atoms with Gasteiger partial charge in [-0.3, -0.25) is 23.8 Å². The second kappa shape index (κ2) is 20.3. The van der Waals surface area contributed by atoms with Gasteiger partial charge in [-0.2, -0.15) is 13.0 Å². The minimum Gasteiger partial charge on any atom is -0.481 e. The number of allylic oxidation sites excluding steroid dienone is 7. The van der Waals surface area contributed by atoms with Crippen molar-refractivity contribution in [1.82, 2.24) is 4.90 Å². The predicted octanol–water partition coefficient (Wildman–Crippen LogP) is 11.6. The molecule has 8 rings (SSSR count). The first-order valence-electron chi connectivity index (χ1n) is 23.4. The first-order valence-corrected chi connectivity index (χ1v) is 26.0. The Balaban J connectivity index is 1.15. The van der Waals surface area contributed by atoms with Gasteiger partial charge < -0.3 is 19.3 Å². The fourth-order valence-corrected chi connectivity index (χ4v) is 11.1. The number of imide groups is 1. The second-order valence-corrected chi connectivity index (χ2v) is 21.6. The molecule has 360 valence electrons. The summed E-state index contributed by atoms with van der Waals surface area (Å²) < 4.78 is 52.8. The maximum absolute atomic E-state index is 13.1. The SMILES string of the molecule is CC1(C)C(/C=C/C2=C(Oc3ccc(S(=O)(=O)O)cc3)C(=C/C=C3/N(CCCCCC(=O)O)c4ccc(S)cc4C3(C)C)/CCC2)=[N+](CCCCN2C(=O)c3ccccc3C2=O)c2ccc(SO)cc21. The highest BCUT2D eigenvalue weighted by atomic mass is 32.2. The van der Waals surface area contributed by atoms with E-state index in [2.05, 4.69) is 86.2 Å². The Morgan fingerprint density at radius 3 is 2.19 bits per heavy atom. The van der Waals surface area contributed by atoms with E-state index >= 15 is 0 Å². The fourth-order valence-electron chi connectivity index (χ4n) is 10.1. The molecule has 3 N–H and O–H groups in total. The third-order valence-electron chi connectivity index (χ3n) is 13.7. The normalized spacial score (nSPS) is 18.5. The van der Waals surface area contributed by atoms with Crippen molar-refractivity contribution < 1.29 is 46.3 Å². The number of thiol groups is 1. The molecule has 2 amide bonds. The first kappa shape index (κ1) is 49.7. The number of carbonyl (C=O) groups is 3. The molecule has 0 spiro atoms. The number of unbranched alkanes of at least 4 members (excludes halogenated alkanes) is 3. The van der Waals surface area contributed by atoms with Crippen molar-refractivity contribution in [3.8, 4) is 5.75 Å². The maximum atomic E-state index is 13.1. The summed E-state index contributed by atoms with van der Waals surface area (Å²) in [5, 5.41) is 9.23. The topological polar surface area (TPSA) is 165 Å². The van der Waals surface area contributed by atoms with Crippen molar-refractivity contribution >= 4 is 69.7 Å². The van der Waals surface area contributed by atoms with E-state index in [1.165, 1.54) is 29.2 Å². The van der Waals surface area contributed by atoms with Gasteiger partial charge in [0.1, 0.15) is 18.1 Å². The van der Waals surface area contributed by atoms with Gasteiger partial charge in [0, 0.05) is 82.3 Å². The van der Waals surface area contributed by atoms with Gasteiger partial charge >= 0.3 is 5.97 Å². The van der Waals surface area contributed by atoms with Crippen LogP contribution in [-0.4, -0.2) is 75.2 Å². The Kier molecular flexibility index (Phi) is 14.6. The number of carbonyl (C=O) groups excluding carboxylic acids is 2. The Morgan fingerprint density at radius 1 is 0.812 bits per heavy atom. The van der Waals surface area contributed by atoms with Crippen LogP contribution >= 0.6 is 24.7 Å². The monoisotopic (exact) mass is 988 g/mol. The highest BCUT2D eigenvalue weighted by molar-refractivity contribution is 7.93. The molecule has 0 unspecified atom stereocenters. The quantitative estimate of drug-likeness (QED) is 0.0187. The van der Waals surface area contributed by atoms with E-state index in [0.29, 0.717) is 86.4 Å². The molecule has 4 aromatic carbocycles. The number of ether oxygens (including phenoxy) is 1. The minimum absolute atomic E-state index is 0.136. The molecule has 3 heterocycles. The average Bonchev–Trinajstić information content (AvgIpc) is 3.78. The van der Waals surface area contributed by atoms with E-state index in [-0.39, 0.29) is 28.5 Å². The van der Waals surface area contributed by atoms with Gasteiger partial charge in [0.2, 0.25) is 5.69 Å². The molecule has 3 aliphatic heterocycles. The summed E-state index contributed by atoms with van der Waals surface area (Å²) in [6.07, 6.45) is 14.4. The lowest BCUT2D eigenvalue weighted by atomic mass is 9.81. The summed E-state index contributed by atoms with van der Waals surface area (Å²) in [7, 11) is -4.43. The lowest BCUT2D eigenvalue weighted by Gasteiger charge is -2.27. The Hall–Kier alpha value is -5.71. The molecule has 0 bridgehead atoms. The van der Waals surface area contributed by atoms with Crippen molar-refractivity contribution in [2.75, 3.05) is 24.5 Å². The third kappa shape index (κ3) is 10.3. The van der Waals surface area contributed by atoms with Gasteiger partial charge in [-0.1, -0.05) is 38.5 Å². The van der Waals surface area contributed by atoms with Crippen molar-refractivity contribution in [3.63, 3.8) is 0 Å². The number of anilines is 1. The van der Waals surface area contributed by atoms with Crippen LogP contribution in [0, 0.1) is 0 Å². The maximum Gasteiger partial charge on any atom is 0.303 e. The van der Waals surface area contributed by atoms with Gasteiger partial charge in [-0.15, -0.1) is 12.6 Å². The number of nitrogens with zero attached hydrogens (tertiary/aromatic N) is 3. The number of rotatable bonds is 18. The first-order chi connectivity index (χ1) is 32.9. The number of aliphatic carboxylic acids is 1. The molecule has 0 fully saturated rings. The minimum atomic E-state index is -4.43. The smallest absolute Gasteiger partial charge is 0.303 e. The van der Waals surface area contributed by atoms with Crippen LogP contribution in [0.15, 0.2) is 147 Å². The zero-order valence-corrected chi connectivity index (χ0v) is 41.8. The van der Waals surface area contributed by atoms with Crippen LogP contribution in [0.3, 0.4) is 0 Å². The van der Waals surface area contributed by atoms with Gasteiger partial charge in [0.25, 0.3) is 21.9 Å². The van der Waals surface area contributed by atoms with E-state index in [9.17, 15) is 37.0 Å². The second-order valence-electron chi connectivity index (χ2n) is 19.0. The molecule has 69 heavy (non-hydrogen) atoms. The number of hydrogen-bond donors (Lipinski definition) is 4. The van der Waals surface area contributed by atoms with Crippen LogP contribution in [0.2, 0.25) is 0 Å². The van der Waals surface area contributed by atoms with Crippen molar-refractivity contribution in [3.05, 3.63) is 154 Å². The number of benzene rings is 4. The Morgan fingerprint density at radius 2 is 1.51 bits per heavy atom. The van der Waals surface area contributed by atoms with Crippen LogP contribution in [0.5, 0.6) is 5.75 Å². The summed E-state index contributed by atoms with van der Waals surface area (Å²) in [5.74, 6) is -0.290. The van der Waals surface area contributed by atoms with Crippen LogP contribution < -0.4 is 9.64 Å². The van der Waals surface area contributed by atoms with Crippen LogP contribution in [-0.2, 0) is 25.7 Å². The summed E-state index contributed by atoms with van der Waals surface area (Å²) in [5.41, 5.74) is 8.29. The van der Waals surface area contributed by atoms with Gasteiger partial charge in [0.05, 0.1) is 21.4 Å². The Bertz CT molecular complexity index is 2950. The summed E-state index contributed by atoms with van der Waals surface area (Å²) in [6.45, 7) is 10.3. The standard InChI is InChI=1S/C54H57N3O9S3/c1-53(2)43-33-38(67)22-26-45(43)55(30-9-5-6-17-49(58)59)47(53)28-18-35-13-12-14-36(50(35)66-37-20-24-40(25-21-37)69(63,64)65)19-29-48-54(3,4)44-34-39(68-62)23-27-46(44)56(48)31-10-11-32-57-51(60)41-15-7-8-16-42(41)52(57)61/h7-8,15-16,18-29,33-34H,5-6,9-14,17,30-32H2,1-4H3,(H3-,58,59,62,63,64,65,67)/p+1. The highest BCUT2D eigenvalue weighted by Gasteiger charge is 2.45. The van der Waals surface area contributed by atoms with E-state index in [4.69, 9.17) is 4.74 Å². The average molecular weight is 989 g/mol. The zero-order chi connectivity index (χ0) is 49.3. The zero-order valence-electron chi connectivity index (χ0n) is 39.3. The fraction of sp³-hybridized carbons (Fsp3) is 0.333. The molecular weight excluding hydrogens is 931 g/mol. The summed E-state index contributed by atoms with van der Waals surface area (Å²) >= 11 is 5.39. The van der Waals surface area contributed by atoms with Crippen LogP contribution in [0.4, 0.5) is 11.4 Å². The lowest BCUT2D eigenvalue weighted by Crippen LogP contribution is -2.31. The number of hydrogen-bond acceptors (Lipinski definition) is 10. The van der Waals surface area contributed by atoms with Gasteiger partial charge in [-0.05, 0) is 148 Å². The summed E-state index contributed by atoms with van der Waals surface area (Å²) in [4.78, 5) is 42.5. The van der Waals surface area contributed by atoms with Crippen molar-refractivity contribution in [2.24, 2.45) is 0 Å². The third-order valence-corrected chi connectivity index (χ3v) is 15.3. The van der Waals surface area contributed by atoms with Crippen molar-refractivity contribution in [1.29, 1.82) is 0 Å². The number of carboxylic acid groups (broad SMARTS) is 1. The van der Waals surface area contributed by atoms with E-state index < -0.39 is 21.5 Å². The van der Waals surface area contributed by atoms with Crippen LogP contribution in [0.1, 0.15) is 117 Å². The lowest BCUT2D eigenvalue weighted by molar-refractivity contribution is -0.438. The molecule has 0 atom stereocenters. The molecule has 0 saturated carbocycles. The van der Waals surface area contributed by atoms with E-state index in [0.717, 1.165) is 74.1 Å². The molecule has 4 aromatic rings. The van der Waals surface area contributed by atoms with E-state index in [1.807, 2.05) is 24.3 Å². The highest BCUT2D eigenvalue weighted by Crippen LogP contribution is 2.49. The predicted molar refractivity (Wildman–Crippen MR) is 272 cm³/mol. The summed E-state index contributed by atoms with van der Waals surface area (Å²) in [6, 6.07) is 24.8. The molecule has 0 saturated heterocycles. The molecule has 12 nitrogen and oxygen atoms in total. The molecule has 1 aliphatic carbocycles. The molecule has 0 aromatic heterocycles. The number of amides is 2. The van der Waals surface area contributed by atoms with Gasteiger partial charge in [-0.25, -0.2) is 0 Å². The van der Waals surface area contributed by atoms with Crippen molar-refractivity contribution in [2.45, 2.75) is 111 Å². The Labute approximate surface area is 414 Å². The largest absolute Gasteiger partial charge is 0.481 e. The van der Waals surface area contributed by atoms with Gasteiger partial charge in [0.15, 0.2) is 5.71 Å². The molecular formula is C54H58N3O9S3+. The number of carboxylic acids is 1. The number of fused-ring (bicyclic) bond motifs is 3. The molecule has 0 radical (unpaired) electrons.